The molecule has 41 heavy (non-hydrogen) atoms. The van der Waals surface area contributed by atoms with Crippen LogP contribution in [-0.4, -0.2) is 132 Å². The number of esters is 1. The molecular formula is C29H50FNO10. The summed E-state index contributed by atoms with van der Waals surface area (Å²) in [6.07, 6.45) is 2.24. The lowest BCUT2D eigenvalue weighted by Crippen LogP contribution is -2.15. The zero-order valence-electron chi connectivity index (χ0n) is 24.6. The van der Waals surface area contributed by atoms with Crippen molar-refractivity contribution in [2.45, 2.75) is 19.8 Å². The lowest BCUT2D eigenvalue weighted by Gasteiger charge is -2.09. The Morgan fingerprint density at radius 1 is 0.585 bits per heavy atom. The zero-order valence-corrected chi connectivity index (χ0v) is 24.6. The molecule has 1 aromatic rings. The highest BCUT2D eigenvalue weighted by Crippen LogP contribution is 2.10. The standard InChI is InChI=1S/C29H50FNO10/c1-2-3-9-31-28-6-4-27(5-7-28)29(32)41-26-25-40-24-23-39-22-21-38-20-19-37-18-17-36-16-15-35-14-13-34-12-11-33-10-8-30/h4-7,31H,2-3,8-26H2,1H3. The van der Waals surface area contributed by atoms with Gasteiger partial charge in [-0.05, 0) is 30.7 Å². The quantitative estimate of drug-likeness (QED) is 0.102. The van der Waals surface area contributed by atoms with Crippen LogP contribution in [0.15, 0.2) is 24.3 Å². The van der Waals surface area contributed by atoms with Gasteiger partial charge in [0.1, 0.15) is 13.3 Å². The summed E-state index contributed by atoms with van der Waals surface area (Å²) in [5.41, 5.74) is 1.51. The van der Waals surface area contributed by atoms with Gasteiger partial charge in [-0.2, -0.15) is 0 Å². The van der Waals surface area contributed by atoms with Crippen molar-refractivity contribution >= 4 is 11.7 Å². The van der Waals surface area contributed by atoms with Gasteiger partial charge in [-0.1, -0.05) is 13.3 Å². The van der Waals surface area contributed by atoms with Crippen molar-refractivity contribution in [3.8, 4) is 0 Å². The molecule has 0 atom stereocenters. The van der Waals surface area contributed by atoms with E-state index < -0.39 is 6.67 Å². The highest BCUT2D eigenvalue weighted by atomic mass is 19.1. The molecular weight excluding hydrogens is 541 g/mol. The van der Waals surface area contributed by atoms with Gasteiger partial charge in [0.15, 0.2) is 0 Å². The Kier molecular flexibility index (Phi) is 26.8. The summed E-state index contributed by atoms with van der Waals surface area (Å²) in [6, 6.07) is 7.27. The maximum absolute atomic E-state index is 12.1. The Labute approximate surface area is 244 Å². The number of carbonyl (C=O) groups is 1. The molecule has 0 saturated carbocycles. The van der Waals surface area contributed by atoms with E-state index in [1.807, 2.05) is 12.1 Å². The van der Waals surface area contributed by atoms with E-state index in [1.165, 1.54) is 0 Å². The molecule has 1 N–H and O–H groups in total. The van der Waals surface area contributed by atoms with Crippen LogP contribution >= 0.6 is 0 Å². The summed E-state index contributed by atoms with van der Waals surface area (Å²) in [6.45, 7) is 9.62. The largest absolute Gasteiger partial charge is 0.460 e. The van der Waals surface area contributed by atoms with Crippen LogP contribution in [0.3, 0.4) is 0 Å². The number of carbonyl (C=O) groups excluding carboxylic acids is 1. The van der Waals surface area contributed by atoms with Gasteiger partial charge < -0.3 is 47.9 Å². The maximum atomic E-state index is 12.1. The van der Waals surface area contributed by atoms with E-state index >= 15 is 0 Å². The second-order valence-corrected chi connectivity index (χ2v) is 8.58. The Morgan fingerprint density at radius 3 is 1.32 bits per heavy atom. The van der Waals surface area contributed by atoms with Gasteiger partial charge in [-0.25, -0.2) is 9.18 Å². The fraction of sp³-hybridized carbons (Fsp3) is 0.759. The summed E-state index contributed by atoms with van der Waals surface area (Å²) in [5.74, 6) is -0.363. The van der Waals surface area contributed by atoms with E-state index in [0.717, 1.165) is 25.1 Å². The van der Waals surface area contributed by atoms with Crippen molar-refractivity contribution in [3.05, 3.63) is 29.8 Å². The van der Waals surface area contributed by atoms with E-state index in [2.05, 4.69) is 12.2 Å². The van der Waals surface area contributed by atoms with Crippen molar-refractivity contribution in [2.75, 3.05) is 131 Å². The molecule has 0 aromatic heterocycles. The monoisotopic (exact) mass is 591 g/mol. The third-order valence-corrected chi connectivity index (χ3v) is 5.27. The second-order valence-electron chi connectivity index (χ2n) is 8.58. The van der Waals surface area contributed by atoms with Crippen LogP contribution in [0.4, 0.5) is 10.1 Å². The number of hydrogen-bond donors (Lipinski definition) is 1. The lowest BCUT2D eigenvalue weighted by molar-refractivity contribution is -0.0245. The van der Waals surface area contributed by atoms with E-state index in [0.29, 0.717) is 105 Å². The maximum Gasteiger partial charge on any atom is 0.338 e. The van der Waals surface area contributed by atoms with Gasteiger partial charge in [-0.3, -0.25) is 0 Å². The molecule has 0 amide bonds. The van der Waals surface area contributed by atoms with Crippen LogP contribution in [0.2, 0.25) is 0 Å². The van der Waals surface area contributed by atoms with Crippen LogP contribution in [-0.2, 0) is 42.6 Å². The molecule has 238 valence electrons. The number of alkyl halides is 1. The predicted octanol–water partition coefficient (Wildman–Crippen LogP) is 3.16. The van der Waals surface area contributed by atoms with Gasteiger partial charge in [0.2, 0.25) is 0 Å². The summed E-state index contributed by atoms with van der Waals surface area (Å²) in [7, 11) is 0. The Bertz CT molecular complexity index is 699. The number of halogens is 1. The van der Waals surface area contributed by atoms with Crippen LogP contribution in [0.1, 0.15) is 30.1 Å². The van der Waals surface area contributed by atoms with E-state index in [-0.39, 0.29) is 19.2 Å². The van der Waals surface area contributed by atoms with Crippen LogP contribution in [0.25, 0.3) is 0 Å². The first-order chi connectivity index (χ1) is 20.3. The molecule has 0 saturated heterocycles. The number of unbranched alkanes of at least 4 members (excludes halogenated alkanes) is 1. The molecule has 0 aliphatic carbocycles. The Morgan fingerprint density at radius 2 is 0.951 bits per heavy atom. The van der Waals surface area contributed by atoms with Crippen LogP contribution < -0.4 is 5.32 Å². The number of rotatable bonds is 31. The number of hydrogen-bond acceptors (Lipinski definition) is 11. The molecule has 0 bridgehead atoms. The molecule has 0 radical (unpaired) electrons. The molecule has 0 fully saturated rings. The number of benzene rings is 1. The van der Waals surface area contributed by atoms with Crippen molar-refractivity contribution < 1.29 is 51.8 Å². The molecule has 11 nitrogen and oxygen atoms in total. The fourth-order valence-electron chi connectivity index (χ4n) is 3.11. The van der Waals surface area contributed by atoms with Gasteiger partial charge in [0.05, 0.1) is 111 Å². The van der Waals surface area contributed by atoms with E-state index in [1.54, 1.807) is 12.1 Å². The first-order valence-electron chi connectivity index (χ1n) is 14.5. The molecule has 0 aliphatic heterocycles. The summed E-state index contributed by atoms with van der Waals surface area (Å²) in [5, 5.41) is 3.31. The average molecular weight is 592 g/mol. The van der Waals surface area contributed by atoms with Gasteiger partial charge in [0.25, 0.3) is 0 Å². The third-order valence-electron chi connectivity index (χ3n) is 5.27. The predicted molar refractivity (Wildman–Crippen MR) is 153 cm³/mol. The first-order valence-corrected chi connectivity index (χ1v) is 14.5. The number of nitrogens with one attached hydrogen (secondary N) is 1. The highest BCUT2D eigenvalue weighted by molar-refractivity contribution is 5.89. The SMILES string of the molecule is CCCCNc1ccc(C(=O)OCCOCCOCCOCCOCCOCCOCCOCCOCCF)cc1. The van der Waals surface area contributed by atoms with Crippen molar-refractivity contribution in [1.29, 1.82) is 0 Å². The van der Waals surface area contributed by atoms with Gasteiger partial charge in [0, 0.05) is 12.2 Å². The normalized spacial score (nSPS) is 11.2. The fourth-order valence-corrected chi connectivity index (χ4v) is 3.11. The van der Waals surface area contributed by atoms with Crippen molar-refractivity contribution in [3.63, 3.8) is 0 Å². The number of ether oxygens (including phenoxy) is 9. The van der Waals surface area contributed by atoms with Gasteiger partial charge in [-0.15, -0.1) is 0 Å². The summed E-state index contributed by atoms with van der Waals surface area (Å²) >= 11 is 0. The second kappa shape index (κ2) is 29.6. The van der Waals surface area contributed by atoms with E-state index in [4.69, 9.17) is 42.6 Å². The highest BCUT2D eigenvalue weighted by Gasteiger charge is 2.06. The molecule has 0 aliphatic rings. The topological polar surface area (TPSA) is 112 Å². The minimum atomic E-state index is -0.478. The minimum Gasteiger partial charge on any atom is -0.460 e. The van der Waals surface area contributed by atoms with Crippen molar-refractivity contribution in [1.82, 2.24) is 0 Å². The smallest absolute Gasteiger partial charge is 0.338 e. The molecule has 1 rings (SSSR count). The lowest BCUT2D eigenvalue weighted by atomic mass is 10.2. The molecule has 12 heteroatoms. The zero-order chi connectivity index (χ0) is 29.5. The molecule has 0 spiro atoms. The Balaban J connectivity index is 1.75. The van der Waals surface area contributed by atoms with Crippen molar-refractivity contribution in [2.24, 2.45) is 0 Å². The summed E-state index contributed by atoms with van der Waals surface area (Å²) in [4.78, 5) is 12.1. The van der Waals surface area contributed by atoms with Crippen LogP contribution in [0, 0.1) is 0 Å². The van der Waals surface area contributed by atoms with Gasteiger partial charge >= 0.3 is 5.97 Å². The van der Waals surface area contributed by atoms with Crippen LogP contribution in [0.5, 0.6) is 0 Å². The average Bonchev–Trinajstić information content (AvgIpc) is 2.99. The van der Waals surface area contributed by atoms with E-state index in [9.17, 15) is 9.18 Å². The molecule has 0 unspecified atom stereocenters. The Hall–Kier alpha value is -1.90. The molecule has 1 aromatic carbocycles. The third kappa shape index (κ3) is 24.4. The minimum absolute atomic E-state index is 0.110. The summed E-state index contributed by atoms with van der Waals surface area (Å²) < 4.78 is 59.8. The first kappa shape index (κ1) is 37.1. The number of anilines is 1. The molecule has 0 heterocycles.